The molecule has 0 spiro atoms. The van der Waals surface area contributed by atoms with E-state index < -0.39 is 24.1 Å². The number of carbonyl (C=O) groups is 2. The van der Waals surface area contributed by atoms with Gasteiger partial charge in [-0.3, -0.25) is 19.4 Å². The Labute approximate surface area is 469 Å². The minimum Gasteiger partial charge on any atom is -0.486 e. The third kappa shape index (κ3) is 19.4. The van der Waals surface area contributed by atoms with Gasteiger partial charge in [0.1, 0.15) is 36.4 Å². The van der Waals surface area contributed by atoms with Crippen LogP contribution in [0.3, 0.4) is 0 Å². The van der Waals surface area contributed by atoms with Crippen LogP contribution in [0.1, 0.15) is 57.2 Å². The van der Waals surface area contributed by atoms with Gasteiger partial charge in [-0.15, -0.1) is 0 Å². The maximum Gasteiger partial charge on any atom is 0.271 e. The number of amides is 2. The van der Waals surface area contributed by atoms with Crippen molar-refractivity contribution in [3.05, 3.63) is 191 Å². The molecule has 2 atom stereocenters. The van der Waals surface area contributed by atoms with E-state index in [2.05, 4.69) is 32.3 Å². The monoisotopic (exact) mass is 1100 g/mol. The fourth-order valence-electron chi connectivity index (χ4n) is 8.73. The molecule has 0 aromatic heterocycles. The van der Waals surface area contributed by atoms with Gasteiger partial charge in [-0.1, -0.05) is 152 Å². The average Bonchev–Trinajstić information content (AvgIpc) is 3.96. The number of nitrogens with zero attached hydrogens (tertiary/aromatic N) is 3. The van der Waals surface area contributed by atoms with Gasteiger partial charge in [0.05, 0.1) is 5.56 Å². The first-order valence-electron chi connectivity index (χ1n) is 26.6. The molecule has 0 aliphatic carbocycles. The van der Waals surface area contributed by atoms with Gasteiger partial charge in [0, 0.05) is 102 Å². The normalized spacial score (nSPS) is 13.4. The van der Waals surface area contributed by atoms with Crippen LogP contribution in [0.25, 0.3) is 0 Å². The van der Waals surface area contributed by atoms with Gasteiger partial charge in [-0.25, -0.2) is 0 Å². The molecule has 19 heteroatoms. The fourth-order valence-corrected chi connectivity index (χ4v) is 9.99. The van der Waals surface area contributed by atoms with Crippen LogP contribution in [-0.4, -0.2) is 133 Å². The SMILES string of the molecule is C=C(OCc1ccccc1)C(OCc1ccccc1)=C(NCCN(CCN)CCN)C(=O)NC(CCCNC(=O)c1ccc(C(O)N2CCSC2=S)c(OCc2ccccc2)c1OCc1ccccc1)CN(CCN)CCN. The molecule has 5 aromatic carbocycles. The second kappa shape index (κ2) is 33.7. The number of ether oxygens (including phenoxy) is 4. The van der Waals surface area contributed by atoms with E-state index in [4.69, 9.17) is 54.1 Å². The molecule has 1 fully saturated rings. The third-order valence-electron chi connectivity index (χ3n) is 12.7. The summed E-state index contributed by atoms with van der Waals surface area (Å²) in [5, 5.41) is 21.7. The average molecular weight is 1100 g/mol. The second-order valence-electron chi connectivity index (χ2n) is 18.6. The Kier molecular flexibility index (Phi) is 26.2. The first-order valence-corrected chi connectivity index (χ1v) is 28.0. The Morgan fingerprint density at radius 1 is 0.654 bits per heavy atom. The van der Waals surface area contributed by atoms with Gasteiger partial charge in [-0.2, -0.15) is 0 Å². The highest BCUT2D eigenvalue weighted by Gasteiger charge is 2.32. The van der Waals surface area contributed by atoms with Crippen molar-refractivity contribution < 1.29 is 33.6 Å². The number of thiocarbonyl (C=S) groups is 1. The van der Waals surface area contributed by atoms with E-state index in [0.29, 0.717) is 101 Å². The summed E-state index contributed by atoms with van der Waals surface area (Å²) in [5.41, 5.74) is 28.4. The molecule has 1 saturated heterocycles. The summed E-state index contributed by atoms with van der Waals surface area (Å²) in [4.78, 5) is 35.5. The molecule has 6 rings (SSSR count). The second-order valence-corrected chi connectivity index (χ2v) is 20.3. The zero-order chi connectivity index (χ0) is 55.3. The van der Waals surface area contributed by atoms with Crippen LogP contribution < -0.4 is 48.4 Å². The van der Waals surface area contributed by atoms with E-state index in [0.717, 1.165) is 28.0 Å². The van der Waals surface area contributed by atoms with Gasteiger partial charge in [-0.05, 0) is 47.2 Å². The van der Waals surface area contributed by atoms with Crippen molar-refractivity contribution in [3.8, 4) is 11.5 Å². The molecule has 17 nitrogen and oxygen atoms in total. The molecule has 2 amide bonds. The molecular formula is C59H78N10O7S2. The molecule has 0 saturated carbocycles. The van der Waals surface area contributed by atoms with Crippen LogP contribution in [0.4, 0.5) is 0 Å². The standard InChI is InChI=1S/C59H78N10O7S2/c1-44(73-40-45-15-6-2-7-16-45)53(74-41-46-17-8-3-9-18-46)52(64-31-36-67(32-26-60)33-27-61)57(71)66-49(39-68(34-28-62)35-29-63)23-14-30-65-56(70)50-24-25-51(58(72)69-37-38-78-59(69)77)55(76-43-48-21-12-5-13-22-48)54(50)75-42-47-19-10-4-11-20-47/h2-13,15-22,24-25,49,58,64,72H,1,14,23,26-43,60-63H2,(H,65,70)(H,66,71). The van der Waals surface area contributed by atoms with E-state index in [9.17, 15) is 9.90 Å². The Bertz CT molecular complexity index is 2630. The maximum absolute atomic E-state index is 15.0. The van der Waals surface area contributed by atoms with Gasteiger partial charge in [0.2, 0.25) is 0 Å². The summed E-state index contributed by atoms with van der Waals surface area (Å²) in [6.45, 7) is 10.9. The van der Waals surface area contributed by atoms with E-state index >= 15 is 4.79 Å². The van der Waals surface area contributed by atoms with Crippen LogP contribution >= 0.6 is 24.0 Å². The zero-order valence-corrected chi connectivity index (χ0v) is 46.2. The number of benzene rings is 5. The molecular weight excluding hydrogens is 1020 g/mol. The summed E-state index contributed by atoms with van der Waals surface area (Å²) in [6.07, 6.45) is -0.254. The smallest absolute Gasteiger partial charge is 0.271 e. The summed E-state index contributed by atoms with van der Waals surface area (Å²) >= 11 is 7.12. The number of aliphatic hydroxyl groups excluding tert-OH is 1. The first kappa shape index (κ1) is 60.7. The predicted molar refractivity (Wildman–Crippen MR) is 314 cm³/mol. The molecule has 12 N–H and O–H groups in total. The number of aliphatic hydroxyl groups is 1. The quantitative estimate of drug-likeness (QED) is 0.00829. The molecule has 0 radical (unpaired) electrons. The minimum atomic E-state index is -1.15. The van der Waals surface area contributed by atoms with E-state index in [1.165, 1.54) is 11.8 Å². The molecule has 418 valence electrons. The molecule has 1 aliphatic heterocycles. The summed E-state index contributed by atoms with van der Waals surface area (Å²) in [5.74, 6) is 0.627. The van der Waals surface area contributed by atoms with Crippen LogP contribution in [0, 0.1) is 0 Å². The number of rotatable bonds is 36. The highest BCUT2D eigenvalue weighted by molar-refractivity contribution is 8.23. The lowest BCUT2D eigenvalue weighted by Crippen LogP contribution is -2.48. The van der Waals surface area contributed by atoms with Gasteiger partial charge >= 0.3 is 0 Å². The van der Waals surface area contributed by atoms with Gasteiger partial charge in [0.25, 0.3) is 11.8 Å². The minimum absolute atomic E-state index is 0.125. The summed E-state index contributed by atoms with van der Waals surface area (Å²) in [6, 6.07) is 41.5. The van der Waals surface area contributed by atoms with Crippen molar-refractivity contribution in [2.24, 2.45) is 22.9 Å². The molecule has 5 aromatic rings. The Morgan fingerprint density at radius 2 is 1.17 bits per heavy atom. The van der Waals surface area contributed by atoms with E-state index in [-0.39, 0.29) is 67.3 Å². The first-order chi connectivity index (χ1) is 38.1. The Balaban J connectivity index is 1.28. The summed E-state index contributed by atoms with van der Waals surface area (Å²) < 4.78 is 26.5. The van der Waals surface area contributed by atoms with Crippen LogP contribution in [0.5, 0.6) is 11.5 Å². The molecule has 0 bridgehead atoms. The fraction of sp³-hybridized carbons (Fsp3) is 0.373. The third-order valence-corrected chi connectivity index (χ3v) is 14.2. The van der Waals surface area contributed by atoms with Crippen molar-refractivity contribution in [2.45, 2.75) is 51.5 Å². The van der Waals surface area contributed by atoms with Crippen LogP contribution in [0.2, 0.25) is 0 Å². The lowest BCUT2D eigenvalue weighted by atomic mass is 10.0. The van der Waals surface area contributed by atoms with Crippen molar-refractivity contribution in [2.75, 3.05) is 90.8 Å². The molecule has 1 heterocycles. The van der Waals surface area contributed by atoms with E-state index in [1.807, 2.05) is 121 Å². The van der Waals surface area contributed by atoms with Crippen molar-refractivity contribution >= 4 is 40.1 Å². The van der Waals surface area contributed by atoms with Crippen molar-refractivity contribution in [1.82, 2.24) is 30.7 Å². The maximum atomic E-state index is 15.0. The van der Waals surface area contributed by atoms with Crippen LogP contribution in [-0.2, 0) is 40.7 Å². The molecule has 1 aliphatic rings. The molecule has 2 unspecified atom stereocenters. The topological polar surface area (TPSA) is 241 Å². The Morgan fingerprint density at radius 3 is 1.69 bits per heavy atom. The van der Waals surface area contributed by atoms with E-state index in [1.54, 1.807) is 17.0 Å². The molecule has 78 heavy (non-hydrogen) atoms. The largest absolute Gasteiger partial charge is 0.486 e. The number of nitrogens with two attached hydrogens (primary N) is 4. The predicted octanol–water partition coefficient (Wildman–Crippen LogP) is 5.35. The number of nitrogens with one attached hydrogen (secondary N) is 3. The van der Waals surface area contributed by atoms with Gasteiger partial charge in [0.15, 0.2) is 29.2 Å². The van der Waals surface area contributed by atoms with Gasteiger partial charge < -0.3 is 67.8 Å². The zero-order valence-electron chi connectivity index (χ0n) is 44.6. The Hall–Kier alpha value is -6.52. The van der Waals surface area contributed by atoms with Crippen molar-refractivity contribution in [3.63, 3.8) is 0 Å². The summed E-state index contributed by atoms with van der Waals surface area (Å²) in [7, 11) is 0. The van der Waals surface area contributed by atoms with Crippen molar-refractivity contribution in [1.29, 1.82) is 0 Å². The number of carbonyl (C=O) groups excluding carboxylic acids is 2. The van der Waals surface area contributed by atoms with Crippen LogP contribution in [0.15, 0.2) is 157 Å². The highest BCUT2D eigenvalue weighted by Crippen LogP contribution is 2.42. The lowest BCUT2D eigenvalue weighted by Gasteiger charge is -2.29. The lowest BCUT2D eigenvalue weighted by molar-refractivity contribution is -0.119. The number of thioether (sulfide) groups is 1. The highest BCUT2D eigenvalue weighted by atomic mass is 32.2. The number of hydrogen-bond donors (Lipinski definition) is 8. The number of hydrogen-bond acceptors (Lipinski definition) is 16.